The monoisotopic (exact) mass is 999 g/mol. The van der Waals surface area contributed by atoms with E-state index in [1.165, 1.54) is 0 Å². The van der Waals surface area contributed by atoms with Crippen LogP contribution >= 0.6 is 7.82 Å². The van der Waals surface area contributed by atoms with Crippen LogP contribution in [-0.4, -0.2) is 66.5 Å². The van der Waals surface area contributed by atoms with Crippen molar-refractivity contribution < 1.29 is 52.2 Å². The molecular weight excluding hydrogens is 904 g/mol. The van der Waals surface area contributed by atoms with Crippen molar-refractivity contribution in [2.75, 3.05) is 26.4 Å². The van der Waals surface area contributed by atoms with Crippen molar-refractivity contribution >= 4 is 25.7 Å². The highest BCUT2D eigenvalue weighted by atomic mass is 31.2. The normalized spacial score (nSPS) is 14.3. The van der Waals surface area contributed by atoms with Crippen LogP contribution in [0.3, 0.4) is 0 Å². The fraction of sp³-hybridized carbons (Fsp3) is 0.638. The molecule has 12 heteroatoms. The Morgan fingerprint density at radius 1 is 0.414 bits per heavy atom. The molecule has 0 radical (unpaired) electrons. The SMILES string of the molecule is CC/C=C\C/C=C\C/C=C\C/C=C\CCCCCCC(=O)OC(COC(=O)CCCCCCC/C=C\C/C=C\CCC)COP(=O)(O)OCC(CO)OC(=O)CCCCC/C=C\C/C=C\C/C=C\CC. The zero-order chi connectivity index (χ0) is 51.3. The van der Waals surface area contributed by atoms with Crippen LogP contribution in [0.4, 0.5) is 0 Å². The second-order valence-electron chi connectivity index (χ2n) is 17.3. The van der Waals surface area contributed by atoms with Crippen LogP contribution in [0.1, 0.15) is 201 Å². The molecule has 0 aliphatic carbocycles. The van der Waals surface area contributed by atoms with Crippen molar-refractivity contribution in [2.45, 2.75) is 213 Å². The van der Waals surface area contributed by atoms with Gasteiger partial charge in [-0.3, -0.25) is 23.4 Å². The maximum Gasteiger partial charge on any atom is 0.472 e. The van der Waals surface area contributed by atoms with Crippen molar-refractivity contribution in [1.82, 2.24) is 0 Å². The molecule has 0 amide bonds. The fourth-order valence-electron chi connectivity index (χ4n) is 6.63. The molecule has 0 aromatic heterocycles. The number of hydrogen-bond donors (Lipinski definition) is 2. The lowest BCUT2D eigenvalue weighted by molar-refractivity contribution is -0.161. The van der Waals surface area contributed by atoms with E-state index in [2.05, 4.69) is 130 Å². The maximum atomic E-state index is 12.9. The Hall–Kier alpha value is -3.86. The number of unbranched alkanes of at least 4 members (excludes halogenated alkanes) is 13. The molecule has 0 saturated heterocycles. The molecule has 0 aromatic carbocycles. The zero-order valence-electron chi connectivity index (χ0n) is 43.7. The van der Waals surface area contributed by atoms with Gasteiger partial charge >= 0.3 is 25.7 Å². The lowest BCUT2D eigenvalue weighted by atomic mass is 10.1. The quantitative estimate of drug-likeness (QED) is 0.0197. The summed E-state index contributed by atoms with van der Waals surface area (Å²) >= 11 is 0. The Balaban J connectivity index is 4.84. The highest BCUT2D eigenvalue weighted by molar-refractivity contribution is 7.47. The lowest BCUT2D eigenvalue weighted by Gasteiger charge is -2.21. The summed E-state index contributed by atoms with van der Waals surface area (Å²) in [6, 6.07) is 0. The first kappa shape index (κ1) is 66.1. The van der Waals surface area contributed by atoms with Crippen molar-refractivity contribution in [3.63, 3.8) is 0 Å². The Kier molecular flexibility index (Phi) is 48.7. The first-order valence-electron chi connectivity index (χ1n) is 26.8. The molecule has 0 fully saturated rings. The van der Waals surface area contributed by atoms with Crippen LogP contribution in [-0.2, 0) is 42.2 Å². The molecule has 3 unspecified atom stereocenters. The molecule has 0 rings (SSSR count). The number of phosphoric ester groups is 1. The summed E-state index contributed by atoms with van der Waals surface area (Å²) in [7, 11) is -4.77. The smallest absolute Gasteiger partial charge is 0.462 e. The van der Waals surface area contributed by atoms with Crippen LogP contribution in [0.15, 0.2) is 109 Å². The summed E-state index contributed by atoms with van der Waals surface area (Å²) in [5.41, 5.74) is 0. The minimum Gasteiger partial charge on any atom is -0.462 e. The predicted octanol–water partition coefficient (Wildman–Crippen LogP) is 15.5. The minimum atomic E-state index is -4.77. The van der Waals surface area contributed by atoms with Gasteiger partial charge in [0.15, 0.2) is 6.10 Å². The van der Waals surface area contributed by atoms with E-state index in [0.29, 0.717) is 19.3 Å². The third-order valence-corrected chi connectivity index (χ3v) is 11.6. The molecule has 398 valence electrons. The van der Waals surface area contributed by atoms with Gasteiger partial charge in [0, 0.05) is 19.3 Å². The van der Waals surface area contributed by atoms with E-state index in [-0.39, 0.29) is 25.9 Å². The second-order valence-corrected chi connectivity index (χ2v) is 18.7. The van der Waals surface area contributed by atoms with Gasteiger partial charge in [0.25, 0.3) is 0 Å². The van der Waals surface area contributed by atoms with E-state index in [1.807, 2.05) is 0 Å². The summed E-state index contributed by atoms with van der Waals surface area (Å²) in [4.78, 5) is 48.4. The third kappa shape index (κ3) is 49.1. The molecule has 2 N–H and O–H groups in total. The summed E-state index contributed by atoms with van der Waals surface area (Å²) < 4.78 is 39.3. The fourth-order valence-corrected chi connectivity index (χ4v) is 7.42. The number of ether oxygens (including phenoxy) is 3. The first-order valence-corrected chi connectivity index (χ1v) is 28.3. The number of rotatable bonds is 48. The summed E-state index contributed by atoms with van der Waals surface area (Å²) in [5.74, 6) is -1.55. The molecule has 0 heterocycles. The van der Waals surface area contributed by atoms with E-state index >= 15 is 0 Å². The van der Waals surface area contributed by atoms with Crippen molar-refractivity contribution in [2.24, 2.45) is 0 Å². The predicted molar refractivity (Wildman–Crippen MR) is 288 cm³/mol. The van der Waals surface area contributed by atoms with Gasteiger partial charge in [-0.1, -0.05) is 175 Å². The number of allylic oxidation sites excluding steroid dienone is 18. The topological polar surface area (TPSA) is 155 Å². The highest BCUT2D eigenvalue weighted by Crippen LogP contribution is 2.43. The number of phosphoric acid groups is 1. The minimum absolute atomic E-state index is 0.129. The molecule has 11 nitrogen and oxygen atoms in total. The first-order chi connectivity index (χ1) is 34.2. The molecule has 3 atom stereocenters. The van der Waals surface area contributed by atoms with E-state index in [0.717, 1.165) is 141 Å². The number of carbonyl (C=O) groups is 3. The molecule has 0 bridgehead atoms. The standard InChI is InChI=1S/C58H95O11P/c1-4-7-10-13-16-19-22-25-26-27-28-31-34-37-40-43-46-49-58(62)69-55(51-65-56(60)47-44-41-38-35-32-29-23-20-17-14-11-8-5-2)53-67-70(63,64)66-52-54(50-59)68-57(61)48-45-42-39-36-33-30-24-21-18-15-12-9-6-3/h7,9-12,14,16,18-21,23,25-26,28,30-31,33,54-55,59H,4-6,8,13,15,17,22,24,27,29,32,34-53H2,1-3H3,(H,63,64)/b10-7-,12-9-,14-11-,19-16-,21-18-,23-20-,26-25-,31-28-,33-30-. The Labute approximate surface area is 425 Å². The average Bonchev–Trinajstić information content (AvgIpc) is 3.35. The van der Waals surface area contributed by atoms with Gasteiger partial charge < -0.3 is 24.2 Å². The second kappa shape index (κ2) is 51.5. The zero-order valence-corrected chi connectivity index (χ0v) is 44.6. The average molecular weight is 999 g/mol. The Morgan fingerprint density at radius 3 is 1.16 bits per heavy atom. The molecule has 0 spiro atoms. The highest BCUT2D eigenvalue weighted by Gasteiger charge is 2.28. The van der Waals surface area contributed by atoms with Gasteiger partial charge in [0.2, 0.25) is 0 Å². The van der Waals surface area contributed by atoms with Gasteiger partial charge in [-0.2, -0.15) is 0 Å². The number of aliphatic hydroxyl groups is 1. The Morgan fingerprint density at radius 2 is 0.743 bits per heavy atom. The molecule has 0 aromatic rings. The van der Waals surface area contributed by atoms with Crippen molar-refractivity contribution in [3.05, 3.63) is 109 Å². The van der Waals surface area contributed by atoms with Crippen LogP contribution in [0, 0.1) is 0 Å². The van der Waals surface area contributed by atoms with Gasteiger partial charge in [0.05, 0.1) is 19.8 Å². The number of hydrogen-bond acceptors (Lipinski definition) is 10. The molecule has 70 heavy (non-hydrogen) atoms. The van der Waals surface area contributed by atoms with E-state index in [9.17, 15) is 28.9 Å². The third-order valence-electron chi connectivity index (χ3n) is 10.6. The van der Waals surface area contributed by atoms with Gasteiger partial charge in [-0.15, -0.1) is 0 Å². The van der Waals surface area contributed by atoms with Gasteiger partial charge in [-0.05, 0) is 116 Å². The van der Waals surface area contributed by atoms with Crippen molar-refractivity contribution in [1.29, 1.82) is 0 Å². The number of esters is 3. The number of carbonyl (C=O) groups excluding carboxylic acids is 3. The van der Waals surface area contributed by atoms with Crippen LogP contribution in [0.25, 0.3) is 0 Å². The van der Waals surface area contributed by atoms with E-state index in [1.54, 1.807) is 0 Å². The molecule has 0 aliphatic heterocycles. The van der Waals surface area contributed by atoms with Crippen molar-refractivity contribution in [3.8, 4) is 0 Å². The lowest BCUT2D eigenvalue weighted by Crippen LogP contribution is -2.30. The van der Waals surface area contributed by atoms with E-state index in [4.69, 9.17) is 23.3 Å². The Bertz CT molecular complexity index is 1590. The number of aliphatic hydroxyl groups excluding tert-OH is 1. The maximum absolute atomic E-state index is 12.9. The summed E-state index contributed by atoms with van der Waals surface area (Å²) in [6.45, 7) is 4.24. The van der Waals surface area contributed by atoms with Crippen LogP contribution in [0.5, 0.6) is 0 Å². The molecule has 0 saturated carbocycles. The summed E-state index contributed by atoms with van der Waals surface area (Å²) in [5, 5.41) is 9.78. The van der Waals surface area contributed by atoms with Crippen LogP contribution < -0.4 is 0 Å². The van der Waals surface area contributed by atoms with Gasteiger partial charge in [-0.25, -0.2) is 4.57 Å². The summed E-state index contributed by atoms with van der Waals surface area (Å²) in [6.07, 6.45) is 60.6. The van der Waals surface area contributed by atoms with Gasteiger partial charge in [0.1, 0.15) is 12.7 Å². The van der Waals surface area contributed by atoms with E-state index < -0.39 is 57.8 Å². The molecule has 0 aliphatic rings. The van der Waals surface area contributed by atoms with Crippen LogP contribution in [0.2, 0.25) is 0 Å². The largest absolute Gasteiger partial charge is 0.472 e. The molecular formula is C58H95O11P.